The van der Waals surface area contributed by atoms with Crippen molar-refractivity contribution < 1.29 is 4.42 Å². The van der Waals surface area contributed by atoms with E-state index in [1.54, 1.807) is 0 Å². The largest absolute Gasteiger partial charge is 0.419 e. The molecule has 0 aliphatic carbocycles. The van der Waals surface area contributed by atoms with Crippen LogP contribution < -0.4 is 5.32 Å². The van der Waals surface area contributed by atoms with Crippen molar-refractivity contribution in [1.82, 2.24) is 15.5 Å². The summed E-state index contributed by atoms with van der Waals surface area (Å²) >= 11 is 6.92. The predicted octanol–water partition coefficient (Wildman–Crippen LogP) is 4.15. The number of nitrogens with zero attached hydrogens (tertiary/aromatic N) is 2. The molecule has 0 bridgehead atoms. The zero-order chi connectivity index (χ0) is 14.0. The molecule has 0 fully saturated rings. The fourth-order valence-corrected chi connectivity index (χ4v) is 2.21. The number of hydrogen-bond acceptors (Lipinski definition) is 4. The summed E-state index contributed by atoms with van der Waals surface area (Å²) in [6, 6.07) is 5.83. The van der Waals surface area contributed by atoms with Crippen molar-refractivity contribution in [2.45, 2.75) is 32.9 Å². The maximum absolute atomic E-state index is 5.67. The first kappa shape index (κ1) is 14.7. The van der Waals surface area contributed by atoms with Crippen molar-refractivity contribution in [2.24, 2.45) is 0 Å². The molecule has 0 radical (unpaired) electrons. The first-order chi connectivity index (χ1) is 8.85. The van der Waals surface area contributed by atoms with Gasteiger partial charge in [-0.2, -0.15) is 0 Å². The third-order valence-electron chi connectivity index (χ3n) is 2.40. The quantitative estimate of drug-likeness (QED) is 0.857. The summed E-state index contributed by atoms with van der Waals surface area (Å²) in [5.74, 6) is 1.09. The second-order valence-electron chi connectivity index (χ2n) is 5.23. The molecule has 1 heterocycles. The van der Waals surface area contributed by atoms with Crippen molar-refractivity contribution in [3.63, 3.8) is 0 Å². The monoisotopic (exact) mass is 387 g/mol. The zero-order valence-electron chi connectivity index (χ0n) is 11.0. The third-order valence-corrected chi connectivity index (χ3v) is 3.58. The van der Waals surface area contributed by atoms with Crippen LogP contribution in [0.5, 0.6) is 0 Å². The lowest BCUT2D eigenvalue weighted by atomic mass is 10.1. The molecule has 0 spiro atoms. The molecule has 1 aromatic carbocycles. The summed E-state index contributed by atoms with van der Waals surface area (Å²) in [7, 11) is 0. The molecule has 2 rings (SSSR count). The summed E-state index contributed by atoms with van der Waals surface area (Å²) in [4.78, 5) is 0. The minimum Gasteiger partial charge on any atom is -0.419 e. The van der Waals surface area contributed by atoms with Crippen molar-refractivity contribution in [2.75, 3.05) is 0 Å². The van der Waals surface area contributed by atoms with Gasteiger partial charge in [0.25, 0.3) is 0 Å². The van der Waals surface area contributed by atoms with E-state index in [0.29, 0.717) is 18.3 Å². The van der Waals surface area contributed by atoms with Gasteiger partial charge in [0.05, 0.1) is 12.1 Å². The first-order valence-electron chi connectivity index (χ1n) is 5.88. The SMILES string of the molecule is CC(C)(C)NCc1nnc(-c2cc(Br)ccc2Br)o1. The van der Waals surface area contributed by atoms with Gasteiger partial charge >= 0.3 is 0 Å². The smallest absolute Gasteiger partial charge is 0.248 e. The fraction of sp³-hybridized carbons (Fsp3) is 0.385. The molecular formula is C13H15Br2N3O. The summed E-state index contributed by atoms with van der Waals surface area (Å²) in [5.41, 5.74) is 0.897. The summed E-state index contributed by atoms with van der Waals surface area (Å²) in [6.07, 6.45) is 0. The number of nitrogens with one attached hydrogen (secondary N) is 1. The van der Waals surface area contributed by atoms with E-state index in [-0.39, 0.29) is 5.54 Å². The molecule has 0 atom stereocenters. The van der Waals surface area contributed by atoms with E-state index in [1.165, 1.54) is 0 Å². The maximum atomic E-state index is 5.67. The number of benzene rings is 1. The van der Waals surface area contributed by atoms with E-state index in [4.69, 9.17) is 4.42 Å². The predicted molar refractivity (Wildman–Crippen MR) is 81.7 cm³/mol. The second kappa shape index (κ2) is 5.73. The molecule has 6 heteroatoms. The topological polar surface area (TPSA) is 51.0 Å². The van der Waals surface area contributed by atoms with Crippen molar-refractivity contribution in [1.29, 1.82) is 0 Å². The molecule has 0 aliphatic rings. The lowest BCUT2D eigenvalue weighted by molar-refractivity contribution is 0.383. The highest BCUT2D eigenvalue weighted by molar-refractivity contribution is 9.11. The average molecular weight is 389 g/mol. The van der Waals surface area contributed by atoms with E-state index >= 15 is 0 Å². The van der Waals surface area contributed by atoms with Crippen LogP contribution in [0.2, 0.25) is 0 Å². The van der Waals surface area contributed by atoms with Gasteiger partial charge < -0.3 is 9.73 Å². The fourth-order valence-electron chi connectivity index (χ4n) is 1.44. The first-order valence-corrected chi connectivity index (χ1v) is 7.46. The van der Waals surface area contributed by atoms with Crippen LogP contribution in [0, 0.1) is 0 Å². The Labute approximate surface area is 129 Å². The Morgan fingerprint density at radius 2 is 1.95 bits per heavy atom. The highest BCUT2D eigenvalue weighted by atomic mass is 79.9. The number of halogens is 2. The Hall–Kier alpha value is -0.720. The van der Waals surface area contributed by atoms with Crippen LogP contribution in [0.3, 0.4) is 0 Å². The van der Waals surface area contributed by atoms with Crippen LogP contribution in [0.1, 0.15) is 26.7 Å². The van der Waals surface area contributed by atoms with Gasteiger partial charge in [0, 0.05) is 14.5 Å². The second-order valence-corrected chi connectivity index (χ2v) is 7.00. The molecule has 1 N–H and O–H groups in total. The van der Waals surface area contributed by atoms with Crippen molar-refractivity contribution in [3.05, 3.63) is 33.0 Å². The lowest BCUT2D eigenvalue weighted by Gasteiger charge is -2.18. The van der Waals surface area contributed by atoms with Gasteiger partial charge in [-0.15, -0.1) is 10.2 Å². The van der Waals surface area contributed by atoms with Crippen molar-refractivity contribution >= 4 is 31.9 Å². The van der Waals surface area contributed by atoms with E-state index < -0.39 is 0 Å². The molecule has 2 aromatic rings. The number of aromatic nitrogens is 2. The Morgan fingerprint density at radius 3 is 2.63 bits per heavy atom. The molecule has 19 heavy (non-hydrogen) atoms. The molecule has 0 unspecified atom stereocenters. The van der Waals surface area contributed by atoms with Gasteiger partial charge in [0.1, 0.15) is 0 Å². The standard InChI is InChI=1S/C13H15Br2N3O/c1-13(2,3)16-7-11-17-18-12(19-11)9-6-8(14)4-5-10(9)15/h4-6,16H,7H2,1-3H3. The Morgan fingerprint density at radius 1 is 1.21 bits per heavy atom. The van der Waals surface area contributed by atoms with Gasteiger partial charge in [-0.05, 0) is 54.9 Å². The molecule has 0 aliphatic heterocycles. The van der Waals surface area contributed by atoms with Gasteiger partial charge in [-0.25, -0.2) is 0 Å². The normalized spacial score (nSPS) is 11.8. The molecule has 0 amide bonds. The van der Waals surface area contributed by atoms with Crippen LogP contribution >= 0.6 is 31.9 Å². The molecule has 4 nitrogen and oxygen atoms in total. The van der Waals surface area contributed by atoms with Gasteiger partial charge in [-0.1, -0.05) is 15.9 Å². The molecular weight excluding hydrogens is 374 g/mol. The summed E-state index contributed by atoms with van der Waals surface area (Å²) in [5, 5.41) is 11.4. The minimum atomic E-state index is 0.0188. The van der Waals surface area contributed by atoms with Crippen LogP contribution in [0.4, 0.5) is 0 Å². The van der Waals surface area contributed by atoms with E-state index in [0.717, 1.165) is 14.5 Å². The minimum absolute atomic E-state index is 0.0188. The van der Waals surface area contributed by atoms with Crippen molar-refractivity contribution in [3.8, 4) is 11.5 Å². The van der Waals surface area contributed by atoms with Gasteiger partial charge in [0.2, 0.25) is 11.8 Å². The average Bonchev–Trinajstić information content (AvgIpc) is 2.77. The summed E-state index contributed by atoms with van der Waals surface area (Å²) in [6.45, 7) is 6.83. The van der Waals surface area contributed by atoms with Crippen LogP contribution in [-0.4, -0.2) is 15.7 Å². The Bertz CT molecular complexity index is 576. The Balaban J connectivity index is 2.19. The molecule has 0 saturated carbocycles. The number of rotatable bonds is 3. The van der Waals surface area contributed by atoms with E-state index in [9.17, 15) is 0 Å². The van der Waals surface area contributed by atoms with E-state index in [1.807, 2.05) is 18.2 Å². The Kier molecular flexibility index (Phi) is 4.43. The highest BCUT2D eigenvalue weighted by Crippen LogP contribution is 2.30. The van der Waals surface area contributed by atoms with Gasteiger partial charge in [0.15, 0.2) is 0 Å². The van der Waals surface area contributed by atoms with Crippen LogP contribution in [0.15, 0.2) is 31.6 Å². The van der Waals surface area contributed by atoms with E-state index in [2.05, 4.69) is 68.1 Å². The van der Waals surface area contributed by atoms with Crippen LogP contribution in [0.25, 0.3) is 11.5 Å². The number of hydrogen-bond donors (Lipinski definition) is 1. The molecule has 1 aromatic heterocycles. The van der Waals surface area contributed by atoms with Gasteiger partial charge in [-0.3, -0.25) is 0 Å². The molecule has 102 valence electrons. The van der Waals surface area contributed by atoms with Crippen LogP contribution in [-0.2, 0) is 6.54 Å². The zero-order valence-corrected chi connectivity index (χ0v) is 14.2. The maximum Gasteiger partial charge on any atom is 0.248 e. The lowest BCUT2D eigenvalue weighted by Crippen LogP contribution is -2.35. The highest BCUT2D eigenvalue weighted by Gasteiger charge is 2.14. The third kappa shape index (κ3) is 4.12. The molecule has 0 saturated heterocycles. The summed E-state index contributed by atoms with van der Waals surface area (Å²) < 4.78 is 7.56.